The monoisotopic (exact) mass is 551 g/mol. The fraction of sp³-hybridized carbons (Fsp3) is 0.250. The van der Waals surface area contributed by atoms with Gasteiger partial charge in [0, 0.05) is 48.0 Å². The Labute approximate surface area is 239 Å². The molecule has 210 valence electrons. The number of carbonyl (C=O) groups is 3. The normalized spacial score (nSPS) is 12.6. The molecule has 9 nitrogen and oxygen atoms in total. The molecule has 0 unspecified atom stereocenters. The molecule has 3 heterocycles. The van der Waals surface area contributed by atoms with E-state index in [-0.39, 0.29) is 18.4 Å². The van der Waals surface area contributed by atoms with Gasteiger partial charge >= 0.3 is 6.09 Å². The Hall–Kier alpha value is -4.92. The van der Waals surface area contributed by atoms with Crippen LogP contribution in [0.4, 0.5) is 10.5 Å². The molecule has 2 aromatic carbocycles. The van der Waals surface area contributed by atoms with Gasteiger partial charge in [-0.2, -0.15) is 0 Å². The standard InChI is InChI=1S/C32H33N5O4/c1-32(2,3)37(31(40)41)19-22-10-12-24(13-11-22)30(39)36-21-26-14-15-28(29(38)34-18-23-7-6-16-33-17-23)35(26)20-25-8-4-5-9-27(25)36/h4-17H,18-21H2,1-3H3,(H,34,38)(H,40,41). The Morgan fingerprint density at radius 3 is 2.37 bits per heavy atom. The molecule has 0 saturated carbocycles. The number of para-hydroxylation sites is 1. The van der Waals surface area contributed by atoms with E-state index in [0.717, 1.165) is 28.1 Å². The molecule has 0 fully saturated rings. The second-order valence-corrected chi connectivity index (χ2v) is 11.1. The molecule has 5 rings (SSSR count). The lowest BCUT2D eigenvalue weighted by Crippen LogP contribution is -2.44. The van der Waals surface area contributed by atoms with E-state index < -0.39 is 11.6 Å². The molecular formula is C32H33N5O4. The summed E-state index contributed by atoms with van der Waals surface area (Å²) in [5, 5.41) is 12.6. The van der Waals surface area contributed by atoms with Gasteiger partial charge < -0.3 is 19.9 Å². The van der Waals surface area contributed by atoms with Gasteiger partial charge in [0.05, 0.1) is 13.1 Å². The summed E-state index contributed by atoms with van der Waals surface area (Å²) < 4.78 is 1.96. The molecule has 0 bridgehead atoms. The molecular weight excluding hydrogens is 518 g/mol. The van der Waals surface area contributed by atoms with E-state index in [9.17, 15) is 19.5 Å². The number of hydrogen-bond donors (Lipinski definition) is 2. The van der Waals surface area contributed by atoms with E-state index in [1.54, 1.807) is 47.6 Å². The van der Waals surface area contributed by atoms with Crippen molar-refractivity contribution in [3.05, 3.63) is 119 Å². The highest BCUT2D eigenvalue weighted by Gasteiger charge is 2.28. The Morgan fingerprint density at radius 1 is 0.927 bits per heavy atom. The van der Waals surface area contributed by atoms with E-state index in [1.807, 2.05) is 67.8 Å². The average molecular weight is 552 g/mol. The third kappa shape index (κ3) is 5.99. The average Bonchev–Trinajstić information content (AvgIpc) is 3.27. The summed E-state index contributed by atoms with van der Waals surface area (Å²) in [5.74, 6) is -0.370. The van der Waals surface area contributed by atoms with Crippen LogP contribution in [0.25, 0.3) is 0 Å². The van der Waals surface area contributed by atoms with Crippen molar-refractivity contribution in [3.63, 3.8) is 0 Å². The molecule has 0 atom stereocenters. The predicted molar refractivity (Wildman–Crippen MR) is 156 cm³/mol. The zero-order valence-electron chi connectivity index (χ0n) is 23.4. The van der Waals surface area contributed by atoms with Crippen molar-refractivity contribution in [1.82, 2.24) is 19.8 Å². The smallest absolute Gasteiger partial charge is 0.408 e. The molecule has 0 radical (unpaired) electrons. The fourth-order valence-electron chi connectivity index (χ4n) is 5.00. The van der Waals surface area contributed by atoms with Crippen LogP contribution in [0.3, 0.4) is 0 Å². The van der Waals surface area contributed by atoms with Crippen molar-refractivity contribution in [2.24, 2.45) is 0 Å². The summed E-state index contributed by atoms with van der Waals surface area (Å²) in [6.45, 7) is 6.88. The van der Waals surface area contributed by atoms with Crippen molar-refractivity contribution in [2.75, 3.05) is 4.90 Å². The molecule has 9 heteroatoms. The van der Waals surface area contributed by atoms with Gasteiger partial charge in [-0.15, -0.1) is 0 Å². The van der Waals surface area contributed by atoms with E-state index in [1.165, 1.54) is 4.90 Å². The van der Waals surface area contributed by atoms with Gasteiger partial charge in [-0.05, 0) is 73.9 Å². The number of carboxylic acid groups (broad SMARTS) is 1. The number of rotatable bonds is 6. The summed E-state index contributed by atoms with van der Waals surface area (Å²) >= 11 is 0. The van der Waals surface area contributed by atoms with Gasteiger partial charge in [-0.25, -0.2) is 4.79 Å². The fourth-order valence-corrected chi connectivity index (χ4v) is 5.00. The lowest BCUT2D eigenvalue weighted by molar-refractivity contribution is 0.0937. The number of amides is 3. The number of hydrogen-bond acceptors (Lipinski definition) is 4. The van der Waals surface area contributed by atoms with Crippen LogP contribution in [0.1, 0.15) is 64.0 Å². The van der Waals surface area contributed by atoms with E-state index in [0.29, 0.717) is 30.9 Å². The summed E-state index contributed by atoms with van der Waals surface area (Å²) in [6, 6.07) is 22.2. The Morgan fingerprint density at radius 2 is 1.68 bits per heavy atom. The minimum Gasteiger partial charge on any atom is -0.465 e. The molecule has 1 aliphatic heterocycles. The predicted octanol–water partition coefficient (Wildman–Crippen LogP) is 5.30. The van der Waals surface area contributed by atoms with Gasteiger partial charge in [0.1, 0.15) is 5.69 Å². The van der Waals surface area contributed by atoms with Crippen LogP contribution in [0.15, 0.2) is 85.2 Å². The first kappa shape index (κ1) is 27.6. The van der Waals surface area contributed by atoms with Crippen LogP contribution < -0.4 is 10.2 Å². The van der Waals surface area contributed by atoms with E-state index >= 15 is 0 Å². The first-order chi connectivity index (χ1) is 19.6. The molecule has 4 aromatic rings. The second-order valence-electron chi connectivity index (χ2n) is 11.1. The Kier molecular flexibility index (Phi) is 7.61. The molecule has 3 amide bonds. The Bertz CT molecular complexity index is 1570. The van der Waals surface area contributed by atoms with Gasteiger partial charge in [-0.1, -0.05) is 36.4 Å². The minimum atomic E-state index is -0.994. The summed E-state index contributed by atoms with van der Waals surface area (Å²) in [7, 11) is 0. The number of aromatic nitrogens is 2. The van der Waals surface area contributed by atoms with Crippen molar-refractivity contribution < 1.29 is 19.5 Å². The lowest BCUT2D eigenvalue weighted by atomic mass is 10.0. The number of benzene rings is 2. The highest BCUT2D eigenvalue weighted by Crippen LogP contribution is 2.30. The number of carbonyl (C=O) groups excluding carboxylic acids is 2. The van der Waals surface area contributed by atoms with Crippen LogP contribution in [-0.4, -0.2) is 43.0 Å². The molecule has 2 aromatic heterocycles. The van der Waals surface area contributed by atoms with Crippen LogP contribution in [-0.2, 0) is 26.2 Å². The molecule has 0 saturated heterocycles. The summed E-state index contributed by atoms with van der Waals surface area (Å²) in [6.07, 6.45) is 2.42. The van der Waals surface area contributed by atoms with Crippen molar-refractivity contribution in [3.8, 4) is 0 Å². The summed E-state index contributed by atoms with van der Waals surface area (Å²) in [5.41, 5.74) is 4.73. The van der Waals surface area contributed by atoms with Crippen LogP contribution >= 0.6 is 0 Å². The zero-order chi connectivity index (χ0) is 29.1. The maximum atomic E-state index is 13.9. The van der Waals surface area contributed by atoms with Gasteiger partial charge in [0.15, 0.2) is 0 Å². The van der Waals surface area contributed by atoms with E-state index in [4.69, 9.17) is 0 Å². The lowest BCUT2D eigenvalue weighted by Gasteiger charge is -2.33. The number of anilines is 1. The van der Waals surface area contributed by atoms with Crippen molar-refractivity contribution >= 4 is 23.6 Å². The maximum Gasteiger partial charge on any atom is 0.408 e. The van der Waals surface area contributed by atoms with Gasteiger partial charge in [-0.3, -0.25) is 19.5 Å². The third-order valence-electron chi connectivity index (χ3n) is 7.24. The summed E-state index contributed by atoms with van der Waals surface area (Å²) in [4.78, 5) is 46.0. The molecule has 0 aliphatic carbocycles. The maximum absolute atomic E-state index is 13.9. The second kappa shape index (κ2) is 11.3. The molecule has 2 N–H and O–H groups in total. The first-order valence-electron chi connectivity index (χ1n) is 13.5. The number of pyridine rings is 1. The quantitative estimate of drug-likeness (QED) is 0.338. The van der Waals surface area contributed by atoms with E-state index in [2.05, 4.69) is 10.3 Å². The van der Waals surface area contributed by atoms with Crippen molar-refractivity contribution in [1.29, 1.82) is 0 Å². The molecule has 41 heavy (non-hydrogen) atoms. The third-order valence-corrected chi connectivity index (χ3v) is 7.24. The van der Waals surface area contributed by atoms with Crippen molar-refractivity contribution in [2.45, 2.75) is 52.5 Å². The largest absolute Gasteiger partial charge is 0.465 e. The topological polar surface area (TPSA) is 108 Å². The van der Waals surface area contributed by atoms with Crippen LogP contribution in [0, 0.1) is 0 Å². The highest BCUT2D eigenvalue weighted by atomic mass is 16.4. The number of fused-ring (bicyclic) bond motifs is 2. The Balaban J connectivity index is 1.38. The zero-order valence-corrected chi connectivity index (χ0v) is 23.4. The van der Waals surface area contributed by atoms with Crippen LogP contribution in [0.5, 0.6) is 0 Å². The first-order valence-corrected chi connectivity index (χ1v) is 13.5. The number of nitrogens with one attached hydrogen (secondary N) is 1. The minimum absolute atomic E-state index is 0.174. The number of nitrogens with zero attached hydrogens (tertiary/aromatic N) is 4. The van der Waals surface area contributed by atoms with Crippen LogP contribution in [0.2, 0.25) is 0 Å². The molecule has 0 spiro atoms. The van der Waals surface area contributed by atoms with Gasteiger partial charge in [0.2, 0.25) is 0 Å². The molecule has 1 aliphatic rings. The highest BCUT2D eigenvalue weighted by molar-refractivity contribution is 6.06. The van der Waals surface area contributed by atoms with Gasteiger partial charge in [0.25, 0.3) is 11.8 Å². The SMILES string of the molecule is CC(C)(C)N(Cc1ccc(C(=O)N2Cc3ccc(C(=O)NCc4cccnc4)n3Cc3ccccc32)cc1)C(=O)O.